The molecule has 128 valence electrons. The van der Waals surface area contributed by atoms with Crippen molar-refractivity contribution < 1.29 is 14.3 Å². The maximum atomic E-state index is 12.9. The van der Waals surface area contributed by atoms with Gasteiger partial charge in [-0.15, -0.1) is 0 Å². The summed E-state index contributed by atoms with van der Waals surface area (Å²) in [6.07, 6.45) is 0. The van der Waals surface area contributed by atoms with Crippen molar-refractivity contribution in [1.82, 2.24) is 10.2 Å². The van der Waals surface area contributed by atoms with Crippen LogP contribution in [0.4, 0.5) is 0 Å². The Labute approximate surface area is 139 Å². The average molecular weight is 320 g/mol. The molecule has 1 atom stereocenters. The van der Waals surface area contributed by atoms with E-state index in [9.17, 15) is 9.59 Å². The molecule has 0 saturated heterocycles. The number of rotatable bonds is 8. The second kappa shape index (κ2) is 9.30. The molecule has 1 rings (SSSR count). The molecule has 0 aliphatic carbocycles. The minimum absolute atomic E-state index is 0.0227. The highest BCUT2D eigenvalue weighted by Gasteiger charge is 2.27. The van der Waals surface area contributed by atoms with E-state index in [0.29, 0.717) is 19.7 Å². The molecule has 1 unspecified atom stereocenters. The lowest BCUT2D eigenvalue weighted by molar-refractivity contribution is -0.138. The van der Waals surface area contributed by atoms with Gasteiger partial charge < -0.3 is 15.0 Å². The van der Waals surface area contributed by atoms with Gasteiger partial charge in [0, 0.05) is 27.1 Å². The third-order valence-electron chi connectivity index (χ3n) is 3.66. The summed E-state index contributed by atoms with van der Waals surface area (Å²) >= 11 is 0. The summed E-state index contributed by atoms with van der Waals surface area (Å²) in [5, 5.41) is 2.76. The first-order valence-electron chi connectivity index (χ1n) is 7.95. The maximum Gasteiger partial charge on any atom is 0.245 e. The SMILES string of the molecule is COCCN(Cc1ccc(C)cc1)C(=O)C(NC(C)=O)C(C)C. The standard InChI is InChI=1S/C18H28N2O3/c1-13(2)17(19-15(4)21)18(22)20(10-11-23-5)12-16-8-6-14(3)7-9-16/h6-9,13,17H,10-12H2,1-5H3,(H,19,21). The van der Waals surface area contributed by atoms with E-state index in [0.717, 1.165) is 5.56 Å². The van der Waals surface area contributed by atoms with E-state index in [-0.39, 0.29) is 17.7 Å². The van der Waals surface area contributed by atoms with Crippen molar-refractivity contribution >= 4 is 11.8 Å². The van der Waals surface area contributed by atoms with Gasteiger partial charge in [-0.1, -0.05) is 43.7 Å². The first kappa shape index (κ1) is 19.2. The number of hydrogen-bond donors (Lipinski definition) is 1. The zero-order valence-corrected chi connectivity index (χ0v) is 14.8. The fourth-order valence-corrected chi connectivity index (χ4v) is 2.31. The van der Waals surface area contributed by atoms with Gasteiger partial charge in [0.2, 0.25) is 11.8 Å². The van der Waals surface area contributed by atoms with Crippen molar-refractivity contribution in [3.8, 4) is 0 Å². The number of nitrogens with zero attached hydrogens (tertiary/aromatic N) is 1. The van der Waals surface area contributed by atoms with Crippen LogP contribution in [0.1, 0.15) is 31.9 Å². The van der Waals surface area contributed by atoms with Crippen molar-refractivity contribution in [3.63, 3.8) is 0 Å². The minimum atomic E-state index is -0.519. The summed E-state index contributed by atoms with van der Waals surface area (Å²) in [7, 11) is 1.61. The van der Waals surface area contributed by atoms with Crippen LogP contribution in [0.25, 0.3) is 0 Å². The van der Waals surface area contributed by atoms with Crippen LogP contribution in [0.15, 0.2) is 24.3 Å². The van der Waals surface area contributed by atoms with Crippen LogP contribution in [-0.4, -0.2) is 43.0 Å². The normalized spacial score (nSPS) is 12.1. The number of hydrogen-bond acceptors (Lipinski definition) is 3. The molecule has 0 bridgehead atoms. The van der Waals surface area contributed by atoms with Crippen LogP contribution < -0.4 is 5.32 Å². The van der Waals surface area contributed by atoms with Crippen LogP contribution in [0.3, 0.4) is 0 Å². The third kappa shape index (κ3) is 6.40. The summed E-state index contributed by atoms with van der Waals surface area (Å²) in [5.41, 5.74) is 2.24. The van der Waals surface area contributed by atoms with Gasteiger partial charge in [0.05, 0.1) is 6.61 Å². The number of aryl methyl sites for hydroxylation is 1. The molecule has 5 nitrogen and oxygen atoms in total. The van der Waals surface area contributed by atoms with Gasteiger partial charge in [-0.05, 0) is 18.4 Å². The second-order valence-electron chi connectivity index (χ2n) is 6.16. The van der Waals surface area contributed by atoms with Crippen molar-refractivity contribution in [2.24, 2.45) is 5.92 Å². The Bertz CT molecular complexity index is 512. The van der Waals surface area contributed by atoms with Crippen LogP contribution >= 0.6 is 0 Å². The fraction of sp³-hybridized carbons (Fsp3) is 0.556. The van der Waals surface area contributed by atoms with Crippen LogP contribution in [0.2, 0.25) is 0 Å². The Hall–Kier alpha value is -1.88. The quantitative estimate of drug-likeness (QED) is 0.798. The molecule has 0 aliphatic rings. The molecule has 1 aromatic carbocycles. The fourth-order valence-electron chi connectivity index (χ4n) is 2.31. The Morgan fingerprint density at radius 1 is 1.22 bits per heavy atom. The lowest BCUT2D eigenvalue weighted by Gasteiger charge is -2.29. The smallest absolute Gasteiger partial charge is 0.245 e. The number of nitrogens with one attached hydrogen (secondary N) is 1. The molecule has 5 heteroatoms. The van der Waals surface area contributed by atoms with E-state index in [2.05, 4.69) is 5.32 Å². The largest absolute Gasteiger partial charge is 0.383 e. The molecule has 0 fully saturated rings. The average Bonchev–Trinajstić information content (AvgIpc) is 2.50. The number of methoxy groups -OCH3 is 1. The van der Waals surface area contributed by atoms with E-state index in [4.69, 9.17) is 4.74 Å². The molecule has 1 aromatic rings. The first-order chi connectivity index (χ1) is 10.8. The number of amides is 2. The minimum Gasteiger partial charge on any atom is -0.383 e. The molecule has 0 saturated carbocycles. The summed E-state index contributed by atoms with van der Waals surface area (Å²) in [5.74, 6) is -0.249. The topological polar surface area (TPSA) is 58.6 Å². The summed E-state index contributed by atoms with van der Waals surface area (Å²) in [6, 6.07) is 7.58. The molecule has 0 heterocycles. The number of carbonyl (C=O) groups is 2. The van der Waals surface area contributed by atoms with Crippen molar-refractivity contribution in [2.75, 3.05) is 20.3 Å². The summed E-state index contributed by atoms with van der Waals surface area (Å²) < 4.78 is 5.12. The van der Waals surface area contributed by atoms with E-state index in [1.54, 1.807) is 12.0 Å². The second-order valence-corrected chi connectivity index (χ2v) is 6.16. The maximum absolute atomic E-state index is 12.9. The van der Waals surface area contributed by atoms with Gasteiger partial charge >= 0.3 is 0 Å². The Morgan fingerprint density at radius 3 is 2.30 bits per heavy atom. The highest BCUT2D eigenvalue weighted by Crippen LogP contribution is 2.12. The predicted molar refractivity (Wildman–Crippen MR) is 90.9 cm³/mol. The van der Waals surface area contributed by atoms with Gasteiger partial charge in [0.25, 0.3) is 0 Å². The molecular weight excluding hydrogens is 292 g/mol. The zero-order valence-electron chi connectivity index (χ0n) is 14.8. The number of ether oxygens (including phenoxy) is 1. The van der Waals surface area contributed by atoms with Gasteiger partial charge in [-0.25, -0.2) is 0 Å². The molecule has 2 amide bonds. The van der Waals surface area contributed by atoms with Crippen molar-refractivity contribution in [2.45, 2.75) is 40.3 Å². The number of benzene rings is 1. The highest BCUT2D eigenvalue weighted by molar-refractivity contribution is 5.87. The van der Waals surface area contributed by atoms with Gasteiger partial charge in [-0.2, -0.15) is 0 Å². The van der Waals surface area contributed by atoms with Crippen LogP contribution in [0, 0.1) is 12.8 Å². The van der Waals surface area contributed by atoms with Crippen LogP contribution in [-0.2, 0) is 20.9 Å². The van der Waals surface area contributed by atoms with Crippen molar-refractivity contribution in [1.29, 1.82) is 0 Å². The van der Waals surface area contributed by atoms with Gasteiger partial charge in [-0.3, -0.25) is 9.59 Å². The van der Waals surface area contributed by atoms with E-state index in [1.807, 2.05) is 45.0 Å². The summed E-state index contributed by atoms with van der Waals surface area (Å²) in [4.78, 5) is 26.0. The molecule has 0 spiro atoms. The Kier molecular flexibility index (Phi) is 7.75. The monoisotopic (exact) mass is 320 g/mol. The van der Waals surface area contributed by atoms with Gasteiger partial charge in [0.1, 0.15) is 6.04 Å². The molecular formula is C18H28N2O3. The Balaban J connectivity index is 2.91. The lowest BCUT2D eigenvalue weighted by atomic mass is 10.0. The lowest BCUT2D eigenvalue weighted by Crippen LogP contribution is -2.51. The highest BCUT2D eigenvalue weighted by atomic mass is 16.5. The summed E-state index contributed by atoms with van der Waals surface area (Å²) in [6.45, 7) is 8.78. The molecule has 1 N–H and O–H groups in total. The Morgan fingerprint density at radius 2 is 1.83 bits per heavy atom. The van der Waals surface area contributed by atoms with E-state index >= 15 is 0 Å². The van der Waals surface area contributed by atoms with Gasteiger partial charge in [0.15, 0.2) is 0 Å². The van der Waals surface area contributed by atoms with E-state index < -0.39 is 6.04 Å². The molecule has 23 heavy (non-hydrogen) atoms. The molecule has 0 aliphatic heterocycles. The first-order valence-corrected chi connectivity index (χ1v) is 7.95. The molecule has 0 radical (unpaired) electrons. The van der Waals surface area contributed by atoms with Crippen LogP contribution in [0.5, 0.6) is 0 Å². The molecule has 0 aromatic heterocycles. The third-order valence-corrected chi connectivity index (χ3v) is 3.66. The van der Waals surface area contributed by atoms with Crippen molar-refractivity contribution in [3.05, 3.63) is 35.4 Å². The predicted octanol–water partition coefficient (Wildman–Crippen LogP) is 2.13. The van der Waals surface area contributed by atoms with E-state index in [1.165, 1.54) is 12.5 Å². The number of carbonyl (C=O) groups excluding carboxylic acids is 2. The zero-order chi connectivity index (χ0) is 17.4.